The van der Waals surface area contributed by atoms with Crippen molar-refractivity contribution < 1.29 is 5.21 Å². The molecular formula is C9H8N4O. The molecule has 0 fully saturated rings. The van der Waals surface area contributed by atoms with E-state index in [4.69, 9.17) is 5.21 Å². The molecule has 1 N–H and O–H groups in total. The molecule has 0 atom stereocenters. The molecule has 70 valence electrons. The van der Waals surface area contributed by atoms with E-state index in [0.29, 0.717) is 5.84 Å². The smallest absolute Gasteiger partial charge is 0.185 e. The lowest BCUT2D eigenvalue weighted by Gasteiger charge is -2.02. The highest BCUT2D eigenvalue weighted by atomic mass is 16.4. The third-order valence-electron chi connectivity index (χ3n) is 1.79. The van der Waals surface area contributed by atoms with Crippen molar-refractivity contribution in [3.05, 3.63) is 48.5 Å². The van der Waals surface area contributed by atoms with Crippen molar-refractivity contribution in [1.82, 2.24) is 14.8 Å². The molecule has 14 heavy (non-hydrogen) atoms. The maximum atomic E-state index is 8.86. The molecule has 1 heterocycles. The Morgan fingerprint density at radius 3 is 2.36 bits per heavy atom. The van der Waals surface area contributed by atoms with Gasteiger partial charge in [0.1, 0.15) is 12.7 Å². The third kappa shape index (κ3) is 1.47. The van der Waals surface area contributed by atoms with Crippen molar-refractivity contribution in [2.45, 2.75) is 0 Å². The third-order valence-corrected chi connectivity index (χ3v) is 1.79. The van der Waals surface area contributed by atoms with Gasteiger partial charge in [-0.25, -0.2) is 0 Å². The first kappa shape index (κ1) is 8.43. The highest BCUT2D eigenvalue weighted by Gasteiger charge is 2.05. The molecule has 0 amide bonds. The lowest BCUT2D eigenvalue weighted by Crippen LogP contribution is -2.11. The second-order valence-corrected chi connectivity index (χ2v) is 2.66. The van der Waals surface area contributed by atoms with E-state index < -0.39 is 0 Å². The standard InChI is InChI=1S/C9H8N4O/c14-12-9(13-6-10-11-7-13)8-4-2-1-3-5-8/h1-7,14H. The minimum atomic E-state index is 0.399. The van der Waals surface area contributed by atoms with Gasteiger partial charge in [-0.1, -0.05) is 35.5 Å². The van der Waals surface area contributed by atoms with Crippen molar-refractivity contribution >= 4 is 5.84 Å². The summed E-state index contributed by atoms with van der Waals surface area (Å²) >= 11 is 0. The fraction of sp³-hybridized carbons (Fsp3) is 0. The summed E-state index contributed by atoms with van der Waals surface area (Å²) in [4.78, 5) is 0. The zero-order valence-corrected chi connectivity index (χ0v) is 7.28. The Balaban J connectivity index is 2.43. The van der Waals surface area contributed by atoms with E-state index in [0.717, 1.165) is 5.56 Å². The van der Waals surface area contributed by atoms with Gasteiger partial charge in [-0.2, -0.15) is 0 Å². The van der Waals surface area contributed by atoms with E-state index in [-0.39, 0.29) is 0 Å². The van der Waals surface area contributed by atoms with Gasteiger partial charge in [0.25, 0.3) is 0 Å². The summed E-state index contributed by atoms with van der Waals surface area (Å²) < 4.78 is 1.54. The highest BCUT2D eigenvalue weighted by molar-refractivity contribution is 5.99. The zero-order valence-electron chi connectivity index (χ0n) is 7.28. The monoisotopic (exact) mass is 188 g/mol. The van der Waals surface area contributed by atoms with Crippen molar-refractivity contribution in [1.29, 1.82) is 0 Å². The van der Waals surface area contributed by atoms with E-state index >= 15 is 0 Å². The zero-order chi connectivity index (χ0) is 9.80. The Kier molecular flexibility index (Phi) is 2.22. The van der Waals surface area contributed by atoms with Gasteiger partial charge in [0.2, 0.25) is 0 Å². The second kappa shape index (κ2) is 3.69. The number of oxime groups is 1. The van der Waals surface area contributed by atoms with Crippen LogP contribution in [0, 0.1) is 0 Å². The van der Waals surface area contributed by atoms with E-state index in [1.165, 1.54) is 17.2 Å². The van der Waals surface area contributed by atoms with Crippen LogP contribution in [0.15, 0.2) is 48.1 Å². The number of nitrogens with zero attached hydrogens (tertiary/aromatic N) is 4. The first-order valence-electron chi connectivity index (χ1n) is 4.04. The molecule has 0 saturated heterocycles. The van der Waals surface area contributed by atoms with Gasteiger partial charge in [-0.05, 0) is 0 Å². The van der Waals surface area contributed by atoms with Crippen LogP contribution >= 0.6 is 0 Å². The van der Waals surface area contributed by atoms with Gasteiger partial charge in [0.15, 0.2) is 5.84 Å². The largest absolute Gasteiger partial charge is 0.409 e. The van der Waals surface area contributed by atoms with Crippen molar-refractivity contribution in [2.24, 2.45) is 5.16 Å². The summed E-state index contributed by atoms with van der Waals surface area (Å²) in [7, 11) is 0. The van der Waals surface area contributed by atoms with E-state index in [2.05, 4.69) is 15.4 Å². The van der Waals surface area contributed by atoms with Crippen LogP contribution in [0.2, 0.25) is 0 Å². The van der Waals surface area contributed by atoms with Gasteiger partial charge in [0, 0.05) is 5.56 Å². The molecular weight excluding hydrogens is 180 g/mol. The predicted octanol–water partition coefficient (Wildman–Crippen LogP) is 0.962. The average Bonchev–Trinajstić information content (AvgIpc) is 2.74. The molecule has 0 aliphatic carbocycles. The fourth-order valence-corrected chi connectivity index (χ4v) is 1.16. The summed E-state index contributed by atoms with van der Waals surface area (Å²) in [5, 5.41) is 19.3. The van der Waals surface area contributed by atoms with Crippen LogP contribution in [0.1, 0.15) is 5.56 Å². The average molecular weight is 188 g/mol. The molecule has 0 bridgehead atoms. The van der Waals surface area contributed by atoms with Crippen LogP contribution in [-0.2, 0) is 0 Å². The summed E-state index contributed by atoms with van der Waals surface area (Å²) in [5.41, 5.74) is 0.801. The Labute approximate surface area is 80.3 Å². The van der Waals surface area contributed by atoms with Crippen molar-refractivity contribution in [2.75, 3.05) is 0 Å². The Hall–Kier alpha value is -2.17. The van der Waals surface area contributed by atoms with Crippen LogP contribution in [0.5, 0.6) is 0 Å². The summed E-state index contributed by atoms with van der Waals surface area (Å²) in [6.07, 6.45) is 2.95. The maximum Gasteiger partial charge on any atom is 0.185 e. The van der Waals surface area contributed by atoms with E-state index in [1.54, 1.807) is 0 Å². The molecule has 0 aliphatic heterocycles. The number of benzene rings is 1. The van der Waals surface area contributed by atoms with Gasteiger partial charge in [-0.3, -0.25) is 4.57 Å². The molecule has 1 aromatic carbocycles. The number of hydrogen-bond acceptors (Lipinski definition) is 4. The maximum absolute atomic E-state index is 8.86. The summed E-state index contributed by atoms with van der Waals surface area (Å²) in [6.45, 7) is 0. The first-order valence-corrected chi connectivity index (χ1v) is 4.04. The molecule has 2 aromatic rings. The topological polar surface area (TPSA) is 63.3 Å². The van der Waals surface area contributed by atoms with Crippen LogP contribution in [0.4, 0.5) is 0 Å². The first-order chi connectivity index (χ1) is 6.92. The fourth-order valence-electron chi connectivity index (χ4n) is 1.16. The van der Waals surface area contributed by atoms with Crippen LogP contribution in [-0.4, -0.2) is 25.8 Å². The molecule has 0 saturated carbocycles. The second-order valence-electron chi connectivity index (χ2n) is 2.66. The molecule has 5 heteroatoms. The van der Waals surface area contributed by atoms with Gasteiger partial charge in [-0.15, -0.1) is 10.2 Å². The van der Waals surface area contributed by atoms with E-state index in [9.17, 15) is 0 Å². The molecule has 5 nitrogen and oxygen atoms in total. The van der Waals surface area contributed by atoms with E-state index in [1.807, 2.05) is 30.3 Å². The normalized spacial score (nSPS) is 11.6. The minimum Gasteiger partial charge on any atom is -0.409 e. The lowest BCUT2D eigenvalue weighted by molar-refractivity contribution is 0.317. The summed E-state index contributed by atoms with van der Waals surface area (Å²) in [6, 6.07) is 9.31. The Morgan fingerprint density at radius 2 is 1.79 bits per heavy atom. The Bertz CT molecular complexity index is 421. The molecule has 1 aromatic heterocycles. The number of rotatable bonds is 1. The molecule has 0 unspecified atom stereocenters. The van der Waals surface area contributed by atoms with Crippen LogP contribution in [0.25, 0.3) is 0 Å². The summed E-state index contributed by atoms with van der Waals surface area (Å²) in [5.74, 6) is 0.399. The molecule has 0 spiro atoms. The lowest BCUT2D eigenvalue weighted by atomic mass is 10.2. The minimum absolute atomic E-state index is 0.399. The van der Waals surface area contributed by atoms with Gasteiger partial charge < -0.3 is 5.21 Å². The van der Waals surface area contributed by atoms with Gasteiger partial charge in [0.05, 0.1) is 0 Å². The van der Waals surface area contributed by atoms with Crippen molar-refractivity contribution in [3.8, 4) is 0 Å². The van der Waals surface area contributed by atoms with Crippen LogP contribution < -0.4 is 0 Å². The van der Waals surface area contributed by atoms with Gasteiger partial charge >= 0.3 is 0 Å². The predicted molar refractivity (Wildman–Crippen MR) is 50.2 cm³/mol. The van der Waals surface area contributed by atoms with Crippen LogP contribution in [0.3, 0.4) is 0 Å². The number of aromatic nitrogens is 3. The SMILES string of the molecule is ON=C(c1ccccc1)n1cnnc1. The molecule has 0 radical (unpaired) electrons. The van der Waals surface area contributed by atoms with Crippen molar-refractivity contribution in [3.63, 3.8) is 0 Å². The highest BCUT2D eigenvalue weighted by Crippen LogP contribution is 2.02. The number of hydrogen-bond donors (Lipinski definition) is 1. The Morgan fingerprint density at radius 1 is 1.14 bits per heavy atom. The quantitative estimate of drug-likeness (QED) is 0.314. The molecule has 2 rings (SSSR count). The molecule has 0 aliphatic rings.